The fraction of sp³-hybridized carbons (Fsp3) is 0.429. The van der Waals surface area contributed by atoms with Gasteiger partial charge in [0.05, 0.1) is 41.6 Å². The van der Waals surface area contributed by atoms with Crippen LogP contribution >= 0.6 is 0 Å². The molecule has 0 amide bonds. The number of imidazole rings is 1. The van der Waals surface area contributed by atoms with Gasteiger partial charge in [-0.05, 0) is 37.9 Å². The second-order valence-corrected chi connectivity index (χ2v) is 8.80. The molecule has 1 saturated heterocycles. The number of para-hydroxylation sites is 2. The molecule has 1 aromatic carbocycles. The molecule has 3 heterocycles. The Balaban J connectivity index is 0.00000256. The van der Waals surface area contributed by atoms with Crippen molar-refractivity contribution in [2.45, 2.75) is 50.0 Å². The molecule has 4 rings (SSSR count). The molecule has 2 atom stereocenters. The average molecular weight is 437 g/mol. The summed E-state index contributed by atoms with van der Waals surface area (Å²) < 4.78 is 30.1. The normalized spacial score (nSPS) is 18.8. The SMILES string of the molecule is Cc1c(OCC[C@@H]2COC(C)(C)O2)ccnc1CS(=O)c1nc2ccccc2[n-]1.[Na+]. The number of rotatable bonds is 7. The van der Waals surface area contributed by atoms with Crippen molar-refractivity contribution in [3.63, 3.8) is 0 Å². The molecule has 0 saturated carbocycles. The summed E-state index contributed by atoms with van der Waals surface area (Å²) in [5, 5.41) is 0.333. The zero-order valence-corrected chi connectivity index (χ0v) is 20.6. The van der Waals surface area contributed by atoms with Gasteiger partial charge in [-0.1, -0.05) is 24.3 Å². The quantitative estimate of drug-likeness (QED) is 0.486. The predicted molar refractivity (Wildman–Crippen MR) is 109 cm³/mol. The Labute approximate surface area is 200 Å². The fourth-order valence-electron chi connectivity index (χ4n) is 3.24. The van der Waals surface area contributed by atoms with Crippen LogP contribution in [-0.4, -0.2) is 39.3 Å². The molecule has 0 bridgehead atoms. The largest absolute Gasteiger partial charge is 1.00 e. The van der Waals surface area contributed by atoms with Gasteiger partial charge in [0.15, 0.2) is 5.79 Å². The van der Waals surface area contributed by atoms with Crippen molar-refractivity contribution in [2.75, 3.05) is 13.2 Å². The van der Waals surface area contributed by atoms with E-state index >= 15 is 0 Å². The van der Waals surface area contributed by atoms with Crippen molar-refractivity contribution in [3.8, 4) is 5.75 Å². The molecule has 1 unspecified atom stereocenters. The van der Waals surface area contributed by atoms with Gasteiger partial charge in [-0.2, -0.15) is 0 Å². The Hall–Kier alpha value is -1.29. The summed E-state index contributed by atoms with van der Waals surface area (Å²) in [7, 11) is -1.38. The third kappa shape index (κ3) is 5.49. The minimum absolute atomic E-state index is 0. The Morgan fingerprint density at radius 2 is 2.10 bits per heavy atom. The van der Waals surface area contributed by atoms with E-state index in [0.717, 1.165) is 34.5 Å². The average Bonchev–Trinajstić information content (AvgIpc) is 3.27. The van der Waals surface area contributed by atoms with E-state index in [1.54, 1.807) is 6.20 Å². The zero-order valence-electron chi connectivity index (χ0n) is 17.8. The summed E-state index contributed by atoms with van der Waals surface area (Å²) in [5.41, 5.74) is 3.09. The molecule has 1 aliphatic heterocycles. The van der Waals surface area contributed by atoms with Crippen LogP contribution in [0, 0.1) is 6.92 Å². The number of aromatic nitrogens is 3. The number of benzene rings is 1. The van der Waals surface area contributed by atoms with Crippen LogP contribution < -0.4 is 39.3 Å². The zero-order chi connectivity index (χ0) is 20.4. The maximum absolute atomic E-state index is 12.8. The van der Waals surface area contributed by atoms with Crippen LogP contribution in [0.4, 0.5) is 0 Å². The van der Waals surface area contributed by atoms with Gasteiger partial charge in [0.2, 0.25) is 0 Å². The maximum atomic E-state index is 12.8. The molecular weight excluding hydrogens is 413 g/mol. The summed E-state index contributed by atoms with van der Waals surface area (Å²) in [6.45, 7) is 6.83. The molecule has 0 aliphatic carbocycles. The summed E-state index contributed by atoms with van der Waals surface area (Å²) >= 11 is 0. The number of fused-ring (bicyclic) bond motifs is 1. The van der Waals surface area contributed by atoms with Gasteiger partial charge in [-0.25, -0.2) is 0 Å². The summed E-state index contributed by atoms with van der Waals surface area (Å²) in [5.74, 6) is 0.452. The van der Waals surface area contributed by atoms with Crippen molar-refractivity contribution in [1.29, 1.82) is 0 Å². The van der Waals surface area contributed by atoms with E-state index in [-0.39, 0.29) is 41.4 Å². The van der Waals surface area contributed by atoms with Crippen LogP contribution in [-0.2, 0) is 26.0 Å². The molecule has 30 heavy (non-hydrogen) atoms. The second-order valence-electron chi connectivity index (χ2n) is 7.45. The first-order valence-electron chi connectivity index (χ1n) is 9.58. The van der Waals surface area contributed by atoms with Crippen LogP contribution in [0.1, 0.15) is 31.5 Å². The topological polar surface area (TPSA) is 84.6 Å². The van der Waals surface area contributed by atoms with E-state index in [4.69, 9.17) is 14.2 Å². The first-order chi connectivity index (χ1) is 13.9. The van der Waals surface area contributed by atoms with E-state index in [1.165, 1.54) is 0 Å². The van der Waals surface area contributed by atoms with Crippen molar-refractivity contribution in [2.24, 2.45) is 0 Å². The predicted octanol–water partition coefficient (Wildman–Crippen LogP) is 0.128. The molecule has 7 nitrogen and oxygen atoms in total. The van der Waals surface area contributed by atoms with Gasteiger partial charge < -0.3 is 24.2 Å². The smallest absolute Gasteiger partial charge is 0.493 e. The maximum Gasteiger partial charge on any atom is 1.00 e. The van der Waals surface area contributed by atoms with E-state index in [0.29, 0.717) is 18.4 Å². The minimum Gasteiger partial charge on any atom is -0.493 e. The number of hydrogen-bond acceptors (Lipinski definition) is 6. The number of hydrogen-bond donors (Lipinski definition) is 0. The Kier molecular flexibility index (Phi) is 7.71. The fourth-order valence-corrected chi connectivity index (χ4v) is 4.31. The molecular formula is C21H24N3NaO4S. The molecule has 0 radical (unpaired) electrons. The first-order valence-corrected chi connectivity index (χ1v) is 10.9. The number of nitrogens with zero attached hydrogens (tertiary/aromatic N) is 3. The monoisotopic (exact) mass is 437 g/mol. The molecule has 1 fully saturated rings. The first kappa shape index (κ1) is 23.4. The van der Waals surface area contributed by atoms with E-state index in [1.807, 2.05) is 51.1 Å². The molecule has 154 valence electrons. The number of pyridine rings is 1. The number of ether oxygens (including phenoxy) is 3. The third-order valence-electron chi connectivity index (χ3n) is 4.81. The molecule has 3 aromatic rings. The van der Waals surface area contributed by atoms with E-state index in [2.05, 4.69) is 15.0 Å². The van der Waals surface area contributed by atoms with E-state index < -0.39 is 16.6 Å². The van der Waals surface area contributed by atoms with Crippen molar-refractivity contribution >= 4 is 21.8 Å². The summed E-state index contributed by atoms with van der Waals surface area (Å²) in [6, 6.07) is 9.33. The van der Waals surface area contributed by atoms with Gasteiger partial charge in [-0.15, -0.1) is 0 Å². The third-order valence-corrected chi connectivity index (χ3v) is 5.93. The summed E-state index contributed by atoms with van der Waals surface area (Å²) in [6.07, 6.45) is 2.44. The molecule has 0 N–H and O–H groups in total. The molecule has 2 aromatic heterocycles. The van der Waals surface area contributed by atoms with Gasteiger partial charge in [0.25, 0.3) is 0 Å². The van der Waals surface area contributed by atoms with Crippen LogP contribution in [0.25, 0.3) is 11.0 Å². The van der Waals surface area contributed by atoms with Crippen LogP contribution in [0.2, 0.25) is 0 Å². The van der Waals surface area contributed by atoms with Crippen molar-refractivity contribution < 1.29 is 48.0 Å². The van der Waals surface area contributed by atoms with Crippen LogP contribution in [0.5, 0.6) is 5.75 Å². The minimum atomic E-state index is -1.38. The molecule has 9 heteroatoms. The van der Waals surface area contributed by atoms with Gasteiger partial charge in [-0.3, -0.25) is 9.19 Å². The van der Waals surface area contributed by atoms with Crippen LogP contribution in [0.3, 0.4) is 0 Å². The van der Waals surface area contributed by atoms with E-state index in [9.17, 15) is 4.21 Å². The van der Waals surface area contributed by atoms with Gasteiger partial charge in [0, 0.05) is 23.3 Å². The second kappa shape index (κ2) is 9.89. The standard InChI is InChI=1S/C21H24N3O4S.Na/c1-14-18(13-29(25)20-23-16-6-4-5-7-17(16)24-20)22-10-8-19(14)26-11-9-15-12-27-21(2,3)28-15;/h4-8,10,15H,9,11-13H2,1-3H3;/q-1;+1/t15-,29?;/m1./s1. The molecule has 1 aliphatic rings. The van der Waals surface area contributed by atoms with Gasteiger partial charge in [0.1, 0.15) is 5.75 Å². The van der Waals surface area contributed by atoms with Gasteiger partial charge >= 0.3 is 29.6 Å². The van der Waals surface area contributed by atoms with Crippen molar-refractivity contribution in [3.05, 3.63) is 47.8 Å². The Bertz CT molecular complexity index is 1010. The summed E-state index contributed by atoms with van der Waals surface area (Å²) in [4.78, 5) is 13.1. The Morgan fingerprint density at radius 1 is 1.30 bits per heavy atom. The Morgan fingerprint density at radius 3 is 2.83 bits per heavy atom. The van der Waals surface area contributed by atoms with Crippen LogP contribution in [0.15, 0.2) is 41.7 Å². The molecule has 0 spiro atoms. The van der Waals surface area contributed by atoms with Crippen molar-refractivity contribution in [1.82, 2.24) is 15.0 Å².